The minimum absolute atomic E-state index is 0.0781. The highest BCUT2D eigenvalue weighted by molar-refractivity contribution is 6.03. The summed E-state index contributed by atoms with van der Waals surface area (Å²) in [6.45, 7) is -0.251. The SMILES string of the molecule is O=C(NC1CCCC1)C1c2ccccc2OCC(=O)N1c1ccccc1F. The maximum atomic E-state index is 14.5. The molecule has 0 bridgehead atoms. The van der Waals surface area contributed by atoms with E-state index in [1.807, 2.05) is 0 Å². The Hall–Kier alpha value is -2.89. The number of nitrogens with one attached hydrogen (secondary N) is 1. The maximum Gasteiger partial charge on any atom is 0.266 e. The molecule has 1 N–H and O–H groups in total. The number of anilines is 1. The Balaban J connectivity index is 1.79. The summed E-state index contributed by atoms with van der Waals surface area (Å²) in [6, 6.07) is 12.2. The first-order valence-electron chi connectivity index (χ1n) is 9.24. The van der Waals surface area contributed by atoms with Gasteiger partial charge in [0.15, 0.2) is 6.61 Å². The minimum Gasteiger partial charge on any atom is -0.483 e. The van der Waals surface area contributed by atoms with E-state index < -0.39 is 17.8 Å². The van der Waals surface area contributed by atoms with Crippen molar-refractivity contribution < 1.29 is 18.7 Å². The number of halogens is 1. The number of benzene rings is 2. The number of para-hydroxylation sites is 2. The molecule has 2 aliphatic rings. The van der Waals surface area contributed by atoms with E-state index in [1.54, 1.807) is 36.4 Å². The Morgan fingerprint density at radius 1 is 1.07 bits per heavy atom. The van der Waals surface area contributed by atoms with E-state index in [0.29, 0.717) is 11.3 Å². The van der Waals surface area contributed by atoms with Gasteiger partial charge in [0.25, 0.3) is 5.91 Å². The Morgan fingerprint density at radius 3 is 2.56 bits per heavy atom. The zero-order chi connectivity index (χ0) is 18.8. The molecule has 27 heavy (non-hydrogen) atoms. The van der Waals surface area contributed by atoms with Crippen molar-refractivity contribution in [2.75, 3.05) is 11.5 Å². The van der Waals surface area contributed by atoms with Gasteiger partial charge in [0.05, 0.1) is 5.69 Å². The number of amides is 2. The summed E-state index contributed by atoms with van der Waals surface area (Å²) >= 11 is 0. The summed E-state index contributed by atoms with van der Waals surface area (Å²) in [4.78, 5) is 27.3. The molecule has 2 aromatic carbocycles. The van der Waals surface area contributed by atoms with Gasteiger partial charge in [-0.2, -0.15) is 0 Å². The number of carbonyl (C=O) groups is 2. The van der Waals surface area contributed by atoms with Gasteiger partial charge >= 0.3 is 0 Å². The van der Waals surface area contributed by atoms with E-state index >= 15 is 0 Å². The van der Waals surface area contributed by atoms with Gasteiger partial charge in [0.1, 0.15) is 17.6 Å². The maximum absolute atomic E-state index is 14.5. The highest BCUT2D eigenvalue weighted by Gasteiger charge is 2.39. The van der Waals surface area contributed by atoms with Crippen LogP contribution in [0.1, 0.15) is 37.3 Å². The predicted octanol–water partition coefficient (Wildman–Crippen LogP) is 3.35. The molecule has 2 amide bonds. The molecule has 1 atom stereocenters. The Labute approximate surface area is 157 Å². The summed E-state index contributed by atoms with van der Waals surface area (Å²) in [5.74, 6) is -0.848. The molecule has 0 radical (unpaired) electrons. The molecule has 6 heteroatoms. The molecular formula is C21H21FN2O3. The number of hydrogen-bond acceptors (Lipinski definition) is 3. The monoisotopic (exact) mass is 368 g/mol. The lowest BCUT2D eigenvalue weighted by molar-refractivity contribution is -0.127. The fourth-order valence-electron chi connectivity index (χ4n) is 3.86. The lowest BCUT2D eigenvalue weighted by Gasteiger charge is -2.30. The van der Waals surface area contributed by atoms with Crippen molar-refractivity contribution in [3.63, 3.8) is 0 Å². The van der Waals surface area contributed by atoms with Crippen molar-refractivity contribution in [2.45, 2.75) is 37.8 Å². The summed E-state index contributed by atoms with van der Waals surface area (Å²) in [5.41, 5.74) is 0.636. The molecule has 0 saturated heterocycles. The van der Waals surface area contributed by atoms with Crippen molar-refractivity contribution in [2.24, 2.45) is 0 Å². The van der Waals surface area contributed by atoms with E-state index in [0.717, 1.165) is 25.7 Å². The van der Waals surface area contributed by atoms with Crippen LogP contribution in [0.5, 0.6) is 5.75 Å². The van der Waals surface area contributed by atoms with Gasteiger partial charge in [0, 0.05) is 11.6 Å². The zero-order valence-corrected chi connectivity index (χ0v) is 14.9. The van der Waals surface area contributed by atoms with E-state index in [-0.39, 0.29) is 24.2 Å². The summed E-state index contributed by atoms with van der Waals surface area (Å²) in [5, 5.41) is 3.05. The van der Waals surface area contributed by atoms with E-state index in [2.05, 4.69) is 5.32 Å². The second-order valence-electron chi connectivity index (χ2n) is 6.93. The fraction of sp³-hybridized carbons (Fsp3) is 0.333. The number of rotatable bonds is 3. The normalized spacial score (nSPS) is 20.0. The summed E-state index contributed by atoms with van der Waals surface area (Å²) < 4.78 is 20.1. The topological polar surface area (TPSA) is 58.6 Å². The summed E-state index contributed by atoms with van der Waals surface area (Å²) in [7, 11) is 0. The minimum atomic E-state index is -0.978. The Morgan fingerprint density at radius 2 is 1.78 bits per heavy atom. The van der Waals surface area contributed by atoms with Crippen LogP contribution in [0.2, 0.25) is 0 Å². The predicted molar refractivity (Wildman–Crippen MR) is 99.0 cm³/mol. The molecular weight excluding hydrogens is 347 g/mol. The van der Waals surface area contributed by atoms with Crippen LogP contribution in [0, 0.1) is 5.82 Å². The van der Waals surface area contributed by atoms with Gasteiger partial charge < -0.3 is 10.1 Å². The van der Waals surface area contributed by atoms with Crippen LogP contribution in [0.3, 0.4) is 0 Å². The third-order valence-electron chi connectivity index (χ3n) is 5.15. The van der Waals surface area contributed by atoms with Crippen LogP contribution < -0.4 is 15.0 Å². The average Bonchev–Trinajstić information content (AvgIpc) is 3.13. The van der Waals surface area contributed by atoms with E-state index in [9.17, 15) is 14.0 Å². The first-order valence-corrected chi connectivity index (χ1v) is 9.24. The number of nitrogens with zero attached hydrogens (tertiary/aromatic N) is 1. The third-order valence-corrected chi connectivity index (χ3v) is 5.15. The van der Waals surface area contributed by atoms with Crippen molar-refractivity contribution >= 4 is 17.5 Å². The highest BCUT2D eigenvalue weighted by atomic mass is 19.1. The van der Waals surface area contributed by atoms with Gasteiger partial charge in [-0.3, -0.25) is 14.5 Å². The first kappa shape index (κ1) is 17.5. The largest absolute Gasteiger partial charge is 0.483 e. The van der Waals surface area contributed by atoms with Crippen LogP contribution in [-0.4, -0.2) is 24.5 Å². The number of carbonyl (C=O) groups excluding carboxylic acids is 2. The first-order chi connectivity index (χ1) is 13.1. The number of fused-ring (bicyclic) bond motifs is 1. The smallest absolute Gasteiger partial charge is 0.266 e. The van der Waals surface area contributed by atoms with Gasteiger partial charge in [0.2, 0.25) is 5.91 Å². The Bertz CT molecular complexity index is 864. The second kappa shape index (κ2) is 7.39. The van der Waals surface area contributed by atoms with Crippen molar-refractivity contribution in [3.05, 3.63) is 59.9 Å². The van der Waals surface area contributed by atoms with Crippen molar-refractivity contribution in [3.8, 4) is 5.75 Å². The molecule has 140 valence electrons. The van der Waals surface area contributed by atoms with Gasteiger partial charge in [-0.25, -0.2) is 4.39 Å². The highest BCUT2D eigenvalue weighted by Crippen LogP contribution is 2.37. The van der Waals surface area contributed by atoms with Gasteiger partial charge in [-0.15, -0.1) is 0 Å². The van der Waals surface area contributed by atoms with Crippen molar-refractivity contribution in [1.82, 2.24) is 5.32 Å². The van der Waals surface area contributed by atoms with E-state index in [4.69, 9.17) is 4.74 Å². The Kier molecular flexibility index (Phi) is 4.79. The van der Waals surface area contributed by atoms with Crippen molar-refractivity contribution in [1.29, 1.82) is 0 Å². The lowest BCUT2D eigenvalue weighted by atomic mass is 10.0. The molecule has 0 aromatic heterocycles. The molecule has 2 aromatic rings. The van der Waals surface area contributed by atoms with Crippen LogP contribution in [-0.2, 0) is 9.59 Å². The summed E-state index contributed by atoms with van der Waals surface area (Å²) in [6.07, 6.45) is 3.99. The molecule has 5 nitrogen and oxygen atoms in total. The van der Waals surface area contributed by atoms with Crippen LogP contribution >= 0.6 is 0 Å². The zero-order valence-electron chi connectivity index (χ0n) is 14.9. The second-order valence-corrected chi connectivity index (χ2v) is 6.93. The standard InChI is InChI=1S/C21H21FN2O3/c22-16-10-4-5-11-17(16)24-19(25)13-27-18-12-6-3-9-15(18)20(24)21(26)23-14-7-1-2-8-14/h3-6,9-12,14,20H,1-2,7-8,13H2,(H,23,26). The average molecular weight is 368 g/mol. The molecule has 1 aliphatic heterocycles. The van der Waals surface area contributed by atoms with E-state index in [1.165, 1.54) is 17.0 Å². The lowest BCUT2D eigenvalue weighted by Crippen LogP contribution is -2.46. The molecule has 1 fully saturated rings. The molecule has 4 rings (SSSR count). The molecule has 0 spiro atoms. The van der Waals surface area contributed by atoms with Gasteiger partial charge in [-0.1, -0.05) is 43.2 Å². The molecule has 1 heterocycles. The molecule has 1 saturated carbocycles. The number of hydrogen-bond donors (Lipinski definition) is 1. The van der Waals surface area contributed by atoms with Crippen LogP contribution in [0.15, 0.2) is 48.5 Å². The van der Waals surface area contributed by atoms with Gasteiger partial charge in [-0.05, 0) is 31.0 Å². The third kappa shape index (κ3) is 3.39. The molecule has 1 unspecified atom stereocenters. The van der Waals surface area contributed by atoms with Crippen LogP contribution in [0.25, 0.3) is 0 Å². The number of ether oxygens (including phenoxy) is 1. The fourth-order valence-corrected chi connectivity index (χ4v) is 3.86. The quantitative estimate of drug-likeness (QED) is 0.904. The van der Waals surface area contributed by atoms with Crippen LogP contribution in [0.4, 0.5) is 10.1 Å². The molecule has 1 aliphatic carbocycles.